The average molecular weight is 312 g/mol. The highest BCUT2D eigenvalue weighted by molar-refractivity contribution is 7.99. The van der Waals surface area contributed by atoms with Crippen molar-refractivity contribution >= 4 is 29.1 Å². The van der Waals surface area contributed by atoms with Gasteiger partial charge in [-0.25, -0.2) is 0 Å². The molecule has 1 aliphatic heterocycles. The number of carbonyl (C=O) groups is 1. The quantitative estimate of drug-likeness (QED) is 0.827. The second-order valence-electron chi connectivity index (χ2n) is 5.57. The molecule has 1 heterocycles. The molecule has 1 aliphatic rings. The fourth-order valence-electron chi connectivity index (χ4n) is 2.50. The zero-order valence-electron chi connectivity index (χ0n) is 12.1. The van der Waals surface area contributed by atoms with Crippen LogP contribution >= 0.6 is 23.4 Å². The Morgan fingerprint density at radius 3 is 2.40 bits per heavy atom. The number of carbonyl (C=O) groups excluding carboxylic acids is 1. The molecule has 0 aromatic heterocycles. The van der Waals surface area contributed by atoms with Gasteiger partial charge in [0.1, 0.15) is 5.78 Å². The summed E-state index contributed by atoms with van der Waals surface area (Å²) in [4.78, 5) is 14.9. The van der Waals surface area contributed by atoms with Gasteiger partial charge in [-0.05, 0) is 17.7 Å². The van der Waals surface area contributed by atoms with Crippen LogP contribution in [-0.4, -0.2) is 41.8 Å². The van der Waals surface area contributed by atoms with E-state index in [4.69, 9.17) is 11.6 Å². The number of Topliss-reactive ketones (excluding diaryl/α,β-unsaturated/α-hetero) is 1. The van der Waals surface area contributed by atoms with Gasteiger partial charge in [0.2, 0.25) is 0 Å². The van der Waals surface area contributed by atoms with Gasteiger partial charge in [0.25, 0.3) is 0 Å². The summed E-state index contributed by atoms with van der Waals surface area (Å²) < 4.78 is 0. The molecule has 1 aromatic rings. The number of halogens is 1. The number of rotatable bonds is 5. The van der Waals surface area contributed by atoms with Crippen molar-refractivity contribution in [1.29, 1.82) is 0 Å². The first-order valence-electron chi connectivity index (χ1n) is 7.17. The highest BCUT2D eigenvalue weighted by Gasteiger charge is 2.26. The van der Waals surface area contributed by atoms with Crippen molar-refractivity contribution in [1.82, 2.24) is 4.90 Å². The standard InChI is InChI=1S/C16H22ClNOS/c1-12(2)16(19)15(11-18-7-9-20-10-8-18)13-3-5-14(17)6-4-13/h3-6,12,15H,7-11H2,1-2H3/t15-/m1/s1. The van der Waals surface area contributed by atoms with Crippen LogP contribution in [0.15, 0.2) is 24.3 Å². The fraction of sp³-hybridized carbons (Fsp3) is 0.562. The van der Waals surface area contributed by atoms with E-state index in [2.05, 4.69) is 4.90 Å². The normalized spacial score (nSPS) is 18.2. The number of thioether (sulfide) groups is 1. The van der Waals surface area contributed by atoms with Gasteiger partial charge in [0.05, 0.1) is 5.92 Å². The highest BCUT2D eigenvalue weighted by atomic mass is 35.5. The summed E-state index contributed by atoms with van der Waals surface area (Å²) in [6.45, 7) is 6.97. The van der Waals surface area contributed by atoms with Crippen LogP contribution < -0.4 is 0 Å². The van der Waals surface area contributed by atoms with Crippen LogP contribution in [0.2, 0.25) is 5.02 Å². The lowest BCUT2D eigenvalue weighted by molar-refractivity contribution is -0.123. The number of benzene rings is 1. The molecule has 20 heavy (non-hydrogen) atoms. The van der Waals surface area contributed by atoms with E-state index in [0.717, 1.165) is 30.2 Å². The Kier molecular flexibility index (Phi) is 5.94. The third-order valence-electron chi connectivity index (χ3n) is 3.73. The van der Waals surface area contributed by atoms with Gasteiger partial charge in [-0.15, -0.1) is 0 Å². The smallest absolute Gasteiger partial charge is 0.144 e. The third-order valence-corrected chi connectivity index (χ3v) is 4.92. The van der Waals surface area contributed by atoms with E-state index in [1.54, 1.807) is 0 Å². The van der Waals surface area contributed by atoms with E-state index in [9.17, 15) is 4.79 Å². The van der Waals surface area contributed by atoms with Gasteiger partial charge in [-0.3, -0.25) is 4.79 Å². The van der Waals surface area contributed by atoms with E-state index >= 15 is 0 Å². The first kappa shape index (κ1) is 15.9. The number of nitrogens with zero attached hydrogens (tertiary/aromatic N) is 1. The molecule has 1 atom stereocenters. The van der Waals surface area contributed by atoms with Crippen molar-refractivity contribution in [2.75, 3.05) is 31.1 Å². The zero-order chi connectivity index (χ0) is 14.5. The fourth-order valence-corrected chi connectivity index (χ4v) is 3.60. The van der Waals surface area contributed by atoms with Crippen LogP contribution in [0.4, 0.5) is 0 Å². The summed E-state index contributed by atoms with van der Waals surface area (Å²) in [5.74, 6) is 2.70. The lowest BCUT2D eigenvalue weighted by Crippen LogP contribution is -2.38. The summed E-state index contributed by atoms with van der Waals surface area (Å²) in [6, 6.07) is 7.74. The molecule has 0 spiro atoms. The van der Waals surface area contributed by atoms with E-state index < -0.39 is 0 Å². The first-order valence-corrected chi connectivity index (χ1v) is 8.70. The minimum Gasteiger partial charge on any atom is -0.301 e. The Hall–Kier alpha value is -0.510. The second-order valence-corrected chi connectivity index (χ2v) is 7.24. The first-order chi connectivity index (χ1) is 9.58. The summed E-state index contributed by atoms with van der Waals surface area (Å²) in [5.41, 5.74) is 1.09. The SMILES string of the molecule is CC(C)C(=O)[C@H](CN1CCSCC1)c1ccc(Cl)cc1. The van der Waals surface area contributed by atoms with Gasteiger partial charge in [0, 0.05) is 42.1 Å². The van der Waals surface area contributed by atoms with Crippen LogP contribution in [0, 0.1) is 5.92 Å². The average Bonchev–Trinajstić information content (AvgIpc) is 2.46. The van der Waals surface area contributed by atoms with Gasteiger partial charge >= 0.3 is 0 Å². The maximum Gasteiger partial charge on any atom is 0.144 e. The van der Waals surface area contributed by atoms with Gasteiger partial charge < -0.3 is 4.90 Å². The molecule has 0 radical (unpaired) electrons. The van der Waals surface area contributed by atoms with Crippen LogP contribution in [0.25, 0.3) is 0 Å². The van der Waals surface area contributed by atoms with Gasteiger partial charge in [0.15, 0.2) is 0 Å². The molecule has 0 amide bonds. The predicted octanol–water partition coefficient (Wildman–Crippen LogP) is 3.70. The monoisotopic (exact) mass is 311 g/mol. The van der Waals surface area contributed by atoms with Crippen LogP contribution in [-0.2, 0) is 4.79 Å². The van der Waals surface area contributed by atoms with Crippen molar-refractivity contribution in [2.24, 2.45) is 5.92 Å². The number of hydrogen-bond acceptors (Lipinski definition) is 3. The molecule has 0 saturated carbocycles. The maximum absolute atomic E-state index is 12.5. The summed E-state index contributed by atoms with van der Waals surface area (Å²) in [5, 5.41) is 0.721. The van der Waals surface area contributed by atoms with Crippen LogP contribution in [0.5, 0.6) is 0 Å². The van der Waals surface area contributed by atoms with Crippen molar-refractivity contribution in [3.8, 4) is 0 Å². The molecule has 0 bridgehead atoms. The molecule has 2 rings (SSSR count). The Balaban J connectivity index is 2.15. The van der Waals surface area contributed by atoms with Crippen LogP contribution in [0.1, 0.15) is 25.3 Å². The van der Waals surface area contributed by atoms with E-state index in [-0.39, 0.29) is 11.8 Å². The van der Waals surface area contributed by atoms with Crippen LogP contribution in [0.3, 0.4) is 0 Å². The van der Waals surface area contributed by atoms with E-state index in [1.165, 1.54) is 11.5 Å². The Bertz CT molecular complexity index is 440. The minimum atomic E-state index is -0.0321. The topological polar surface area (TPSA) is 20.3 Å². The predicted molar refractivity (Wildman–Crippen MR) is 87.8 cm³/mol. The van der Waals surface area contributed by atoms with Crippen molar-refractivity contribution in [3.05, 3.63) is 34.9 Å². The molecular weight excluding hydrogens is 290 g/mol. The minimum absolute atomic E-state index is 0.0321. The maximum atomic E-state index is 12.5. The molecule has 110 valence electrons. The molecule has 1 saturated heterocycles. The van der Waals surface area contributed by atoms with Gasteiger partial charge in [-0.2, -0.15) is 11.8 Å². The molecule has 2 nitrogen and oxygen atoms in total. The van der Waals surface area contributed by atoms with E-state index in [0.29, 0.717) is 5.78 Å². The Labute approximate surface area is 130 Å². The highest BCUT2D eigenvalue weighted by Crippen LogP contribution is 2.24. The summed E-state index contributed by atoms with van der Waals surface area (Å²) >= 11 is 7.95. The molecule has 4 heteroatoms. The largest absolute Gasteiger partial charge is 0.301 e. The third kappa shape index (κ3) is 4.24. The molecule has 0 N–H and O–H groups in total. The van der Waals surface area contributed by atoms with Crippen molar-refractivity contribution in [3.63, 3.8) is 0 Å². The molecule has 1 fully saturated rings. The lowest BCUT2D eigenvalue weighted by Gasteiger charge is -2.30. The lowest BCUT2D eigenvalue weighted by atomic mass is 9.88. The molecule has 0 unspecified atom stereocenters. The summed E-state index contributed by atoms with van der Waals surface area (Å²) in [6.07, 6.45) is 0. The Morgan fingerprint density at radius 2 is 1.85 bits per heavy atom. The second kappa shape index (κ2) is 7.48. The Morgan fingerprint density at radius 1 is 1.25 bits per heavy atom. The zero-order valence-corrected chi connectivity index (χ0v) is 13.7. The molecule has 1 aromatic carbocycles. The summed E-state index contributed by atoms with van der Waals surface area (Å²) in [7, 11) is 0. The molecular formula is C16H22ClNOS. The van der Waals surface area contributed by atoms with Gasteiger partial charge in [-0.1, -0.05) is 37.6 Å². The van der Waals surface area contributed by atoms with E-state index in [1.807, 2.05) is 49.9 Å². The van der Waals surface area contributed by atoms with Crippen molar-refractivity contribution < 1.29 is 4.79 Å². The van der Waals surface area contributed by atoms with Crippen molar-refractivity contribution in [2.45, 2.75) is 19.8 Å². The number of ketones is 1. The number of hydrogen-bond donors (Lipinski definition) is 0. The molecule has 0 aliphatic carbocycles.